The number of halogens is 1. The Labute approximate surface area is 231 Å². The summed E-state index contributed by atoms with van der Waals surface area (Å²) < 4.78 is 20.2. The maximum atomic E-state index is 14.8. The van der Waals surface area contributed by atoms with Crippen molar-refractivity contribution in [3.8, 4) is 11.3 Å². The minimum absolute atomic E-state index is 0.0308. The Morgan fingerprint density at radius 3 is 2.64 bits per heavy atom. The number of benzene rings is 1. The van der Waals surface area contributed by atoms with Gasteiger partial charge in [0.1, 0.15) is 24.9 Å². The number of ether oxygens (including phenoxy) is 1. The number of nitrogens with zero attached hydrogens (tertiary/aromatic N) is 4. The van der Waals surface area contributed by atoms with Crippen molar-refractivity contribution in [1.29, 1.82) is 0 Å². The fourth-order valence-electron chi connectivity index (χ4n) is 6.63. The van der Waals surface area contributed by atoms with Gasteiger partial charge in [-0.15, -0.1) is 11.3 Å². The molecule has 0 unspecified atom stereocenters. The van der Waals surface area contributed by atoms with Crippen molar-refractivity contribution in [3.05, 3.63) is 34.7 Å². The standard InChI is InChI=1S/C28H34FN5O4S/c1-32-8-10-33(11-9-32)28-31-21(15-39-28)17-6-7-18(26(30)36)19(12-17)23(16-4-2-3-5-16)27(37)34-13-20(29)25-24(34)22(35)14-38-25/h6-7,12,15-16,20,23-25H,2-5,8-11,13-14H2,1H3,(H2,30,36)/t20-,23+,24-,25-/m1/s1. The number of piperazine rings is 1. The quantitative estimate of drug-likeness (QED) is 0.583. The number of nitrogens with two attached hydrogens (primary N) is 1. The predicted molar refractivity (Wildman–Crippen MR) is 146 cm³/mol. The summed E-state index contributed by atoms with van der Waals surface area (Å²) in [5, 5.41) is 2.94. The monoisotopic (exact) mass is 555 g/mol. The number of thiazole rings is 1. The average molecular weight is 556 g/mol. The van der Waals surface area contributed by atoms with Crippen LogP contribution in [-0.4, -0.2) is 97.1 Å². The number of aromatic nitrogens is 1. The molecule has 1 saturated carbocycles. The van der Waals surface area contributed by atoms with Crippen molar-refractivity contribution in [2.75, 3.05) is 51.3 Å². The highest BCUT2D eigenvalue weighted by molar-refractivity contribution is 7.14. The van der Waals surface area contributed by atoms with Crippen LogP contribution in [0.25, 0.3) is 11.3 Å². The number of carbonyl (C=O) groups excluding carboxylic acids is 3. The number of carbonyl (C=O) groups is 3. The summed E-state index contributed by atoms with van der Waals surface area (Å²) in [6.07, 6.45) is 1.24. The lowest BCUT2D eigenvalue weighted by Gasteiger charge is -2.32. The van der Waals surface area contributed by atoms with Crippen LogP contribution in [0.4, 0.5) is 9.52 Å². The maximum Gasteiger partial charge on any atom is 0.249 e. The number of primary amides is 1. The largest absolute Gasteiger partial charge is 0.366 e. The first-order chi connectivity index (χ1) is 18.8. The number of hydrogen-bond donors (Lipinski definition) is 1. The zero-order valence-electron chi connectivity index (χ0n) is 22.1. The zero-order chi connectivity index (χ0) is 27.3. The van der Waals surface area contributed by atoms with Crippen molar-refractivity contribution in [2.45, 2.75) is 49.9 Å². The van der Waals surface area contributed by atoms with E-state index in [1.807, 2.05) is 17.5 Å². The number of amides is 2. The van der Waals surface area contributed by atoms with Crippen molar-refractivity contribution in [2.24, 2.45) is 11.7 Å². The van der Waals surface area contributed by atoms with E-state index in [4.69, 9.17) is 15.5 Å². The molecular formula is C28H34FN5O4S. The van der Waals surface area contributed by atoms with Crippen molar-refractivity contribution in [3.63, 3.8) is 0 Å². The van der Waals surface area contributed by atoms with E-state index in [1.54, 1.807) is 17.4 Å². The van der Waals surface area contributed by atoms with Gasteiger partial charge in [-0.2, -0.15) is 0 Å². The van der Waals surface area contributed by atoms with Gasteiger partial charge in [0, 0.05) is 42.7 Å². The van der Waals surface area contributed by atoms with Crippen molar-refractivity contribution < 1.29 is 23.5 Å². The van der Waals surface area contributed by atoms with Crippen molar-refractivity contribution >= 4 is 34.1 Å². The lowest BCUT2D eigenvalue weighted by atomic mass is 9.80. The van der Waals surface area contributed by atoms with E-state index in [2.05, 4.69) is 16.8 Å². The Balaban J connectivity index is 1.37. The molecule has 4 heterocycles. The molecule has 208 valence electrons. The lowest BCUT2D eigenvalue weighted by molar-refractivity contribution is -0.138. The fraction of sp³-hybridized carbons (Fsp3) is 0.571. The Bertz CT molecular complexity index is 1270. The lowest BCUT2D eigenvalue weighted by Crippen LogP contribution is -2.45. The van der Waals surface area contributed by atoms with Crippen LogP contribution in [0, 0.1) is 5.92 Å². The molecule has 4 fully saturated rings. The van der Waals surface area contributed by atoms with Gasteiger partial charge in [0.15, 0.2) is 10.9 Å². The minimum atomic E-state index is -1.42. The number of fused-ring (bicyclic) bond motifs is 1. The summed E-state index contributed by atoms with van der Waals surface area (Å²) in [5.41, 5.74) is 8.20. The number of alkyl halides is 1. The van der Waals surface area contributed by atoms with E-state index in [0.717, 1.165) is 68.3 Å². The van der Waals surface area contributed by atoms with Gasteiger partial charge >= 0.3 is 0 Å². The van der Waals surface area contributed by atoms with E-state index in [1.165, 1.54) is 4.90 Å². The number of hydrogen-bond acceptors (Lipinski definition) is 8. The summed E-state index contributed by atoms with van der Waals surface area (Å²) in [6, 6.07) is 4.44. The average Bonchev–Trinajstić information content (AvgIpc) is 3.72. The second kappa shape index (κ2) is 10.6. The molecule has 1 aromatic carbocycles. The number of likely N-dealkylation sites (N-methyl/N-ethyl adjacent to an activating group) is 1. The summed E-state index contributed by atoms with van der Waals surface area (Å²) in [7, 11) is 2.11. The molecule has 9 nitrogen and oxygen atoms in total. The van der Waals surface area contributed by atoms with Crippen LogP contribution >= 0.6 is 11.3 Å². The first-order valence-electron chi connectivity index (χ1n) is 13.7. The molecule has 2 N–H and O–H groups in total. The molecule has 0 bridgehead atoms. The number of rotatable bonds is 6. The van der Waals surface area contributed by atoms with Gasteiger partial charge in [0.05, 0.1) is 18.2 Å². The molecule has 2 amide bonds. The number of ketones is 1. The summed E-state index contributed by atoms with van der Waals surface area (Å²) in [5.74, 6) is -1.96. The van der Waals surface area contributed by atoms with Gasteiger partial charge in [0.25, 0.3) is 0 Å². The molecule has 2 aromatic rings. The van der Waals surface area contributed by atoms with Crippen LogP contribution in [0.1, 0.15) is 47.5 Å². The molecule has 3 aliphatic heterocycles. The zero-order valence-corrected chi connectivity index (χ0v) is 22.9. The minimum Gasteiger partial charge on any atom is -0.366 e. The third kappa shape index (κ3) is 4.85. The van der Waals surface area contributed by atoms with Gasteiger partial charge in [-0.1, -0.05) is 18.9 Å². The molecule has 39 heavy (non-hydrogen) atoms. The number of anilines is 1. The van der Waals surface area contributed by atoms with E-state index in [0.29, 0.717) is 5.56 Å². The Morgan fingerprint density at radius 1 is 1.18 bits per heavy atom. The molecule has 4 atom stereocenters. The normalized spacial score (nSPS) is 26.8. The maximum absolute atomic E-state index is 14.8. The van der Waals surface area contributed by atoms with Gasteiger partial charge in [0.2, 0.25) is 11.8 Å². The second-order valence-electron chi connectivity index (χ2n) is 11.2. The molecule has 0 spiro atoms. The first-order valence-corrected chi connectivity index (χ1v) is 14.6. The second-order valence-corrected chi connectivity index (χ2v) is 12.0. The third-order valence-electron chi connectivity index (χ3n) is 8.76. The highest BCUT2D eigenvalue weighted by Gasteiger charge is 2.54. The summed E-state index contributed by atoms with van der Waals surface area (Å²) >= 11 is 1.58. The van der Waals surface area contributed by atoms with E-state index < -0.39 is 30.1 Å². The van der Waals surface area contributed by atoms with E-state index in [9.17, 15) is 18.8 Å². The van der Waals surface area contributed by atoms with Gasteiger partial charge in [-0.3, -0.25) is 14.4 Å². The van der Waals surface area contributed by atoms with Crippen LogP contribution < -0.4 is 10.6 Å². The molecule has 6 rings (SSSR count). The molecule has 0 radical (unpaired) electrons. The molecule has 1 aromatic heterocycles. The Morgan fingerprint density at radius 2 is 1.92 bits per heavy atom. The highest BCUT2D eigenvalue weighted by Crippen LogP contribution is 2.43. The topological polar surface area (TPSA) is 109 Å². The Kier molecular flexibility index (Phi) is 7.15. The van der Waals surface area contributed by atoms with Crippen LogP contribution in [0.5, 0.6) is 0 Å². The third-order valence-corrected chi connectivity index (χ3v) is 9.66. The number of likely N-dealkylation sites (tertiary alicyclic amines) is 1. The van der Waals surface area contributed by atoms with Crippen molar-refractivity contribution in [1.82, 2.24) is 14.8 Å². The first kappa shape index (κ1) is 26.3. The fourth-order valence-corrected chi connectivity index (χ4v) is 7.51. The van der Waals surface area contributed by atoms with Crippen LogP contribution in [0.15, 0.2) is 23.6 Å². The SMILES string of the molecule is CN1CCN(c2nc(-c3ccc(C(N)=O)c([C@@H](C(=O)N4C[C@@H](F)[C@H]5OCC(=O)[C@H]54)C4CCCC4)c3)cs2)CC1. The molecule has 11 heteroatoms. The summed E-state index contributed by atoms with van der Waals surface area (Å²) in [4.78, 5) is 50.2. The predicted octanol–water partition coefficient (Wildman–Crippen LogP) is 2.45. The molecule has 3 saturated heterocycles. The summed E-state index contributed by atoms with van der Waals surface area (Å²) in [6.45, 7) is 3.39. The molecular weight excluding hydrogens is 521 g/mol. The smallest absolute Gasteiger partial charge is 0.249 e. The van der Waals surface area contributed by atoms with Crippen LogP contribution in [0.2, 0.25) is 0 Å². The van der Waals surface area contributed by atoms with E-state index in [-0.39, 0.29) is 36.3 Å². The van der Waals surface area contributed by atoms with Gasteiger partial charge in [-0.25, -0.2) is 9.37 Å². The van der Waals surface area contributed by atoms with Crippen LogP contribution in [-0.2, 0) is 14.3 Å². The molecule has 1 aliphatic carbocycles. The Hall–Kier alpha value is -2.89. The highest BCUT2D eigenvalue weighted by atomic mass is 32.1. The number of Topliss-reactive ketones (excluding diaryl/α,β-unsaturated/α-hetero) is 1. The van der Waals surface area contributed by atoms with E-state index >= 15 is 0 Å². The van der Waals surface area contributed by atoms with Crippen LogP contribution in [0.3, 0.4) is 0 Å². The van der Waals surface area contributed by atoms with Gasteiger partial charge < -0.3 is 25.2 Å². The van der Waals surface area contributed by atoms with Gasteiger partial charge in [-0.05, 0) is 43.5 Å². The molecule has 4 aliphatic rings.